The number of rotatable bonds is 9. The number of aromatic nitrogens is 1. The van der Waals surface area contributed by atoms with E-state index < -0.39 is 17.7 Å². The summed E-state index contributed by atoms with van der Waals surface area (Å²) < 4.78 is 16.5. The summed E-state index contributed by atoms with van der Waals surface area (Å²) in [5.74, 6) is -0.220. The van der Waals surface area contributed by atoms with Crippen LogP contribution >= 0.6 is 0 Å². The highest BCUT2D eigenvalue weighted by atomic mass is 16.5. The van der Waals surface area contributed by atoms with Gasteiger partial charge in [0.15, 0.2) is 11.5 Å². The molecule has 1 atom stereocenters. The molecule has 0 saturated carbocycles. The fourth-order valence-electron chi connectivity index (χ4n) is 4.21. The zero-order valence-corrected chi connectivity index (χ0v) is 20.4. The van der Waals surface area contributed by atoms with E-state index in [0.717, 1.165) is 12.0 Å². The van der Waals surface area contributed by atoms with Gasteiger partial charge in [-0.1, -0.05) is 25.1 Å². The highest BCUT2D eigenvalue weighted by molar-refractivity contribution is 6.46. The summed E-state index contributed by atoms with van der Waals surface area (Å²) in [6.45, 7) is 2.67. The van der Waals surface area contributed by atoms with Gasteiger partial charge in [-0.25, -0.2) is 0 Å². The molecule has 0 radical (unpaired) electrons. The van der Waals surface area contributed by atoms with Crippen molar-refractivity contribution in [3.63, 3.8) is 0 Å². The minimum atomic E-state index is -0.849. The fraction of sp³-hybridized carbons (Fsp3) is 0.250. The summed E-state index contributed by atoms with van der Waals surface area (Å²) in [7, 11) is 3.04. The van der Waals surface area contributed by atoms with Crippen LogP contribution in [-0.2, 0) is 16.1 Å². The Morgan fingerprint density at radius 1 is 1.00 bits per heavy atom. The van der Waals surface area contributed by atoms with Crippen LogP contribution in [0.2, 0.25) is 0 Å². The van der Waals surface area contributed by atoms with Crippen LogP contribution in [0.5, 0.6) is 17.2 Å². The summed E-state index contributed by atoms with van der Waals surface area (Å²) >= 11 is 0. The Kier molecular flexibility index (Phi) is 7.53. The van der Waals surface area contributed by atoms with E-state index >= 15 is 0 Å². The number of nitrogens with zero attached hydrogens (tertiary/aromatic N) is 2. The van der Waals surface area contributed by atoms with Crippen LogP contribution < -0.4 is 14.2 Å². The van der Waals surface area contributed by atoms with Gasteiger partial charge in [-0.2, -0.15) is 0 Å². The SMILES string of the molecule is CCCOc1cccc(/C(O)=C2\C(=O)C(=O)N(Cc3ccncc3)C2c2ccc(OC)c(OC)c2)c1. The van der Waals surface area contributed by atoms with Gasteiger partial charge in [0.1, 0.15) is 11.5 Å². The van der Waals surface area contributed by atoms with Gasteiger partial charge >= 0.3 is 0 Å². The highest BCUT2D eigenvalue weighted by Gasteiger charge is 2.46. The Morgan fingerprint density at radius 3 is 2.44 bits per heavy atom. The largest absolute Gasteiger partial charge is 0.507 e. The predicted octanol–water partition coefficient (Wildman–Crippen LogP) is 4.51. The van der Waals surface area contributed by atoms with E-state index in [9.17, 15) is 14.7 Å². The van der Waals surface area contributed by atoms with Crippen molar-refractivity contribution < 1.29 is 28.9 Å². The molecule has 3 aromatic rings. The number of methoxy groups -OCH3 is 2. The third-order valence-electron chi connectivity index (χ3n) is 5.95. The van der Waals surface area contributed by atoms with Crippen LogP contribution in [0.4, 0.5) is 0 Å². The second-order valence-corrected chi connectivity index (χ2v) is 8.27. The first kappa shape index (κ1) is 24.8. The summed E-state index contributed by atoms with van der Waals surface area (Å²) in [5, 5.41) is 11.4. The van der Waals surface area contributed by atoms with Gasteiger partial charge in [-0.05, 0) is 53.9 Å². The maximum Gasteiger partial charge on any atom is 0.295 e. The second-order valence-electron chi connectivity index (χ2n) is 8.27. The molecule has 1 aliphatic rings. The number of hydrogen-bond donors (Lipinski definition) is 1. The van der Waals surface area contributed by atoms with Crippen LogP contribution in [0.1, 0.15) is 36.1 Å². The van der Waals surface area contributed by atoms with Gasteiger partial charge in [0.05, 0.1) is 32.4 Å². The first-order valence-electron chi connectivity index (χ1n) is 11.6. The smallest absolute Gasteiger partial charge is 0.295 e. The lowest BCUT2D eigenvalue weighted by Gasteiger charge is -2.26. The molecule has 36 heavy (non-hydrogen) atoms. The molecule has 1 fully saturated rings. The average Bonchev–Trinajstić information content (AvgIpc) is 3.16. The Bertz CT molecular complexity index is 1290. The molecule has 1 aliphatic heterocycles. The van der Waals surface area contributed by atoms with Crippen molar-refractivity contribution in [2.24, 2.45) is 0 Å². The fourth-order valence-corrected chi connectivity index (χ4v) is 4.21. The van der Waals surface area contributed by atoms with Crippen molar-refractivity contribution in [2.75, 3.05) is 20.8 Å². The molecular weight excluding hydrogens is 460 g/mol. The summed E-state index contributed by atoms with van der Waals surface area (Å²) in [6, 6.07) is 14.7. The van der Waals surface area contributed by atoms with E-state index in [0.29, 0.717) is 35.0 Å². The maximum atomic E-state index is 13.3. The molecule has 1 aromatic heterocycles. The molecular formula is C28H28N2O6. The van der Waals surface area contributed by atoms with Crippen molar-refractivity contribution in [1.29, 1.82) is 0 Å². The average molecular weight is 489 g/mol. The van der Waals surface area contributed by atoms with Crippen molar-refractivity contribution in [3.05, 3.63) is 89.3 Å². The first-order valence-corrected chi connectivity index (χ1v) is 11.6. The lowest BCUT2D eigenvalue weighted by Crippen LogP contribution is -2.29. The van der Waals surface area contributed by atoms with Crippen molar-refractivity contribution in [2.45, 2.75) is 25.9 Å². The molecule has 1 amide bonds. The van der Waals surface area contributed by atoms with Crippen LogP contribution in [0, 0.1) is 0 Å². The summed E-state index contributed by atoms with van der Waals surface area (Å²) in [4.78, 5) is 32.1. The molecule has 8 heteroatoms. The lowest BCUT2D eigenvalue weighted by atomic mass is 9.94. The van der Waals surface area contributed by atoms with Gasteiger partial charge in [0, 0.05) is 24.5 Å². The van der Waals surface area contributed by atoms with Gasteiger partial charge < -0.3 is 24.2 Å². The molecule has 2 aromatic carbocycles. The van der Waals surface area contributed by atoms with Crippen LogP contribution in [0.25, 0.3) is 5.76 Å². The Balaban J connectivity index is 1.86. The number of ketones is 1. The molecule has 0 aliphatic carbocycles. The molecule has 2 heterocycles. The van der Waals surface area contributed by atoms with Crippen molar-refractivity contribution >= 4 is 17.4 Å². The molecule has 0 bridgehead atoms. The summed E-state index contributed by atoms with van der Waals surface area (Å²) in [5.41, 5.74) is 1.78. The number of aliphatic hydroxyl groups is 1. The Hall–Kier alpha value is -4.33. The van der Waals surface area contributed by atoms with Crippen LogP contribution in [0.3, 0.4) is 0 Å². The zero-order chi connectivity index (χ0) is 25.7. The standard InChI is InChI=1S/C28H28N2O6/c1-4-14-36-21-7-5-6-20(15-21)26(31)24-25(19-8-9-22(34-2)23(16-19)35-3)30(28(33)27(24)32)17-18-10-12-29-13-11-18/h5-13,15-16,25,31H,4,14,17H2,1-3H3/b26-24+. The zero-order valence-electron chi connectivity index (χ0n) is 20.4. The van der Waals surface area contributed by atoms with Crippen molar-refractivity contribution in [3.8, 4) is 17.2 Å². The molecule has 8 nitrogen and oxygen atoms in total. The van der Waals surface area contributed by atoms with E-state index in [-0.39, 0.29) is 17.9 Å². The van der Waals surface area contributed by atoms with Crippen molar-refractivity contribution in [1.82, 2.24) is 9.88 Å². The number of carbonyl (C=O) groups is 2. The normalized spacial score (nSPS) is 16.8. The molecule has 1 unspecified atom stereocenters. The number of Topliss-reactive ketones (excluding diaryl/α,β-unsaturated/α-hetero) is 1. The van der Waals surface area contributed by atoms with E-state index in [1.807, 2.05) is 6.92 Å². The third-order valence-corrected chi connectivity index (χ3v) is 5.95. The number of pyridine rings is 1. The number of likely N-dealkylation sites (tertiary alicyclic amines) is 1. The predicted molar refractivity (Wildman–Crippen MR) is 134 cm³/mol. The number of amides is 1. The Labute approximate surface area is 209 Å². The molecule has 186 valence electrons. The van der Waals surface area contributed by atoms with E-state index in [4.69, 9.17) is 14.2 Å². The Morgan fingerprint density at radius 2 is 1.75 bits per heavy atom. The number of aliphatic hydroxyl groups excluding tert-OH is 1. The number of carbonyl (C=O) groups excluding carboxylic acids is 2. The van der Waals surface area contributed by atoms with Gasteiger partial charge in [-0.15, -0.1) is 0 Å². The summed E-state index contributed by atoms with van der Waals surface area (Å²) in [6.07, 6.45) is 4.08. The molecule has 1 saturated heterocycles. The molecule has 0 spiro atoms. The van der Waals surface area contributed by atoms with Crippen LogP contribution in [-0.4, -0.2) is 47.5 Å². The minimum absolute atomic E-state index is 0.00563. The topological polar surface area (TPSA) is 98.2 Å². The van der Waals surface area contributed by atoms with Crippen LogP contribution in [0.15, 0.2) is 72.6 Å². The number of hydrogen-bond acceptors (Lipinski definition) is 7. The first-order chi connectivity index (χ1) is 17.5. The quantitative estimate of drug-likeness (QED) is 0.269. The maximum absolute atomic E-state index is 13.3. The lowest BCUT2D eigenvalue weighted by molar-refractivity contribution is -0.140. The minimum Gasteiger partial charge on any atom is -0.507 e. The van der Waals surface area contributed by atoms with Gasteiger partial charge in [-0.3, -0.25) is 14.6 Å². The van der Waals surface area contributed by atoms with Gasteiger partial charge in [0.25, 0.3) is 11.7 Å². The monoisotopic (exact) mass is 488 g/mol. The second kappa shape index (κ2) is 10.9. The van der Waals surface area contributed by atoms with E-state index in [1.54, 1.807) is 67.0 Å². The van der Waals surface area contributed by atoms with E-state index in [1.165, 1.54) is 19.1 Å². The molecule has 1 N–H and O–H groups in total. The number of ether oxygens (including phenoxy) is 3. The van der Waals surface area contributed by atoms with Gasteiger partial charge in [0.2, 0.25) is 0 Å². The van der Waals surface area contributed by atoms with E-state index in [2.05, 4.69) is 4.98 Å². The highest BCUT2D eigenvalue weighted by Crippen LogP contribution is 2.42. The number of benzene rings is 2. The third kappa shape index (κ3) is 4.88. The molecule has 4 rings (SSSR count).